The SMILES string of the molecule is Nc1cc(Oc2ccc(C(C(F)(F)F)C(F)(F)F)cc2)ccc1C(F)(F)F. The number of ether oxygens (including phenoxy) is 1. The van der Waals surface area contributed by atoms with Gasteiger partial charge >= 0.3 is 18.5 Å². The predicted octanol–water partition coefficient (Wildman–Crippen LogP) is 6.29. The van der Waals surface area contributed by atoms with Crippen LogP contribution in [-0.2, 0) is 6.18 Å². The third-order valence-corrected chi connectivity index (χ3v) is 3.43. The van der Waals surface area contributed by atoms with Crippen molar-refractivity contribution < 1.29 is 44.3 Å². The van der Waals surface area contributed by atoms with Crippen molar-refractivity contribution >= 4 is 5.69 Å². The second kappa shape index (κ2) is 6.86. The van der Waals surface area contributed by atoms with Gasteiger partial charge in [-0.1, -0.05) is 12.1 Å². The van der Waals surface area contributed by atoms with Crippen molar-refractivity contribution in [2.45, 2.75) is 24.4 Å². The van der Waals surface area contributed by atoms with Crippen LogP contribution in [0.25, 0.3) is 0 Å². The minimum Gasteiger partial charge on any atom is -0.457 e. The van der Waals surface area contributed by atoms with Crippen molar-refractivity contribution in [1.29, 1.82) is 0 Å². The Kier molecular flexibility index (Phi) is 5.26. The zero-order valence-corrected chi connectivity index (χ0v) is 13.0. The Morgan fingerprint density at radius 2 is 1.19 bits per heavy atom. The zero-order valence-electron chi connectivity index (χ0n) is 13.0. The summed E-state index contributed by atoms with van der Waals surface area (Å²) in [6.07, 6.45) is -15.8. The van der Waals surface area contributed by atoms with Crippen molar-refractivity contribution in [2.24, 2.45) is 0 Å². The van der Waals surface area contributed by atoms with Gasteiger partial charge in [0.2, 0.25) is 0 Å². The molecular weight excluding hydrogens is 393 g/mol. The molecule has 2 N–H and O–H groups in total. The molecule has 0 spiro atoms. The van der Waals surface area contributed by atoms with Crippen molar-refractivity contribution in [1.82, 2.24) is 0 Å². The summed E-state index contributed by atoms with van der Waals surface area (Å²) in [5, 5.41) is 0. The van der Waals surface area contributed by atoms with Gasteiger partial charge in [-0.25, -0.2) is 0 Å². The summed E-state index contributed by atoms with van der Waals surface area (Å²) in [5.74, 6) is -4.02. The average molecular weight is 403 g/mol. The second-order valence-electron chi connectivity index (χ2n) is 5.43. The van der Waals surface area contributed by atoms with E-state index < -0.39 is 41.3 Å². The van der Waals surface area contributed by atoms with E-state index in [9.17, 15) is 39.5 Å². The number of anilines is 1. The average Bonchev–Trinajstić information content (AvgIpc) is 2.45. The lowest BCUT2D eigenvalue weighted by Crippen LogP contribution is -2.34. The molecule has 0 aliphatic rings. The largest absolute Gasteiger partial charge is 0.457 e. The van der Waals surface area contributed by atoms with Crippen LogP contribution in [0, 0.1) is 0 Å². The Morgan fingerprint density at radius 1 is 0.704 bits per heavy atom. The molecule has 0 atom stereocenters. The Morgan fingerprint density at radius 3 is 1.59 bits per heavy atom. The van der Waals surface area contributed by atoms with Crippen LogP contribution in [0.4, 0.5) is 45.2 Å². The molecule has 0 amide bonds. The minimum atomic E-state index is -5.54. The Labute approximate surface area is 146 Å². The molecule has 0 aliphatic carbocycles. The van der Waals surface area contributed by atoms with E-state index in [0.29, 0.717) is 18.2 Å². The molecule has 2 aromatic carbocycles. The van der Waals surface area contributed by atoms with Gasteiger partial charge < -0.3 is 10.5 Å². The fourth-order valence-electron chi connectivity index (χ4n) is 2.29. The van der Waals surface area contributed by atoms with E-state index in [-0.39, 0.29) is 11.5 Å². The van der Waals surface area contributed by atoms with E-state index in [1.807, 2.05) is 0 Å². The van der Waals surface area contributed by atoms with Crippen LogP contribution in [0.3, 0.4) is 0 Å². The molecule has 0 aliphatic heterocycles. The molecule has 27 heavy (non-hydrogen) atoms. The molecule has 0 aromatic heterocycles. The smallest absolute Gasteiger partial charge is 0.418 e. The van der Waals surface area contributed by atoms with Crippen LogP contribution in [0.1, 0.15) is 17.0 Å². The molecule has 0 saturated carbocycles. The van der Waals surface area contributed by atoms with Gasteiger partial charge in [-0.3, -0.25) is 0 Å². The van der Waals surface area contributed by atoms with Crippen LogP contribution in [0.15, 0.2) is 42.5 Å². The normalized spacial score (nSPS) is 13.1. The van der Waals surface area contributed by atoms with Gasteiger partial charge in [0.15, 0.2) is 5.92 Å². The molecule has 0 bridgehead atoms. The molecule has 0 unspecified atom stereocenters. The summed E-state index contributed by atoms with van der Waals surface area (Å²) >= 11 is 0. The van der Waals surface area contributed by atoms with Gasteiger partial charge in [-0.05, 0) is 29.8 Å². The number of alkyl halides is 9. The third-order valence-electron chi connectivity index (χ3n) is 3.43. The van der Waals surface area contributed by atoms with E-state index in [1.165, 1.54) is 0 Å². The molecule has 0 heterocycles. The quantitative estimate of drug-likeness (QED) is 0.483. The summed E-state index contributed by atoms with van der Waals surface area (Å²) in [6, 6.07) is 5.23. The highest BCUT2D eigenvalue weighted by molar-refractivity contribution is 5.53. The number of hydrogen-bond acceptors (Lipinski definition) is 2. The van der Waals surface area contributed by atoms with Crippen LogP contribution >= 0.6 is 0 Å². The fraction of sp³-hybridized carbons (Fsp3) is 0.250. The van der Waals surface area contributed by atoms with Crippen LogP contribution in [-0.4, -0.2) is 12.4 Å². The summed E-state index contributed by atoms with van der Waals surface area (Å²) in [4.78, 5) is 0. The van der Waals surface area contributed by atoms with Gasteiger partial charge in [-0.2, -0.15) is 39.5 Å². The molecule has 2 aromatic rings. The minimum absolute atomic E-state index is 0.170. The lowest BCUT2D eigenvalue weighted by molar-refractivity contribution is -0.253. The monoisotopic (exact) mass is 403 g/mol. The highest BCUT2D eigenvalue weighted by Crippen LogP contribution is 2.46. The first-order chi connectivity index (χ1) is 12.2. The van der Waals surface area contributed by atoms with E-state index in [1.54, 1.807) is 0 Å². The standard InChI is InChI=1S/C16H10F9NO/c17-14(18,19)11-6-5-10(7-12(11)26)27-9-3-1-8(2-4-9)13(15(20,21)22)16(23,24)25/h1-7,13H,26H2. The summed E-state index contributed by atoms with van der Waals surface area (Å²) in [5.41, 5.74) is 2.47. The first-order valence-electron chi connectivity index (χ1n) is 7.07. The van der Waals surface area contributed by atoms with Crippen molar-refractivity contribution in [3.05, 3.63) is 53.6 Å². The lowest BCUT2D eigenvalue weighted by Gasteiger charge is -2.23. The second-order valence-corrected chi connectivity index (χ2v) is 5.43. The fourth-order valence-corrected chi connectivity index (χ4v) is 2.29. The Hall–Kier alpha value is -2.59. The summed E-state index contributed by atoms with van der Waals surface area (Å²) in [7, 11) is 0. The number of nitrogens with two attached hydrogens (primary N) is 1. The Balaban J connectivity index is 2.25. The lowest BCUT2D eigenvalue weighted by atomic mass is 9.98. The molecule has 11 heteroatoms. The van der Waals surface area contributed by atoms with Crippen molar-refractivity contribution in [3.63, 3.8) is 0 Å². The molecular formula is C16H10F9NO. The number of halogens is 9. The topological polar surface area (TPSA) is 35.2 Å². The highest BCUT2D eigenvalue weighted by atomic mass is 19.4. The zero-order chi connectivity index (χ0) is 20.6. The molecule has 0 radical (unpaired) electrons. The highest BCUT2D eigenvalue weighted by Gasteiger charge is 2.57. The first kappa shape index (κ1) is 20.7. The number of hydrogen-bond donors (Lipinski definition) is 1. The maximum absolute atomic E-state index is 12.7. The third kappa shape index (κ3) is 4.98. The number of benzene rings is 2. The van der Waals surface area contributed by atoms with E-state index in [2.05, 4.69) is 0 Å². The number of nitrogen functional groups attached to an aromatic ring is 1. The van der Waals surface area contributed by atoms with E-state index >= 15 is 0 Å². The van der Waals surface area contributed by atoms with Gasteiger partial charge in [0.25, 0.3) is 0 Å². The van der Waals surface area contributed by atoms with Crippen LogP contribution in [0.2, 0.25) is 0 Å². The number of rotatable bonds is 3. The molecule has 0 fully saturated rings. The first-order valence-corrected chi connectivity index (χ1v) is 7.07. The van der Waals surface area contributed by atoms with Gasteiger partial charge in [0.1, 0.15) is 11.5 Å². The Bertz CT molecular complexity index is 778. The molecule has 2 rings (SSSR count). The predicted molar refractivity (Wildman–Crippen MR) is 77.2 cm³/mol. The maximum atomic E-state index is 12.7. The summed E-state index contributed by atoms with van der Waals surface area (Å²) < 4.78 is 119. The molecule has 2 nitrogen and oxygen atoms in total. The van der Waals surface area contributed by atoms with Crippen molar-refractivity contribution in [3.8, 4) is 11.5 Å². The maximum Gasteiger partial charge on any atom is 0.418 e. The van der Waals surface area contributed by atoms with E-state index in [0.717, 1.165) is 24.3 Å². The van der Waals surface area contributed by atoms with Gasteiger partial charge in [0, 0.05) is 11.8 Å². The van der Waals surface area contributed by atoms with Gasteiger partial charge in [-0.15, -0.1) is 0 Å². The summed E-state index contributed by atoms with van der Waals surface area (Å²) in [6.45, 7) is 0. The van der Waals surface area contributed by atoms with Crippen LogP contribution < -0.4 is 10.5 Å². The molecule has 148 valence electrons. The molecule has 0 saturated heterocycles. The van der Waals surface area contributed by atoms with Crippen molar-refractivity contribution in [2.75, 3.05) is 5.73 Å². The van der Waals surface area contributed by atoms with Gasteiger partial charge in [0.05, 0.1) is 5.56 Å². The van der Waals surface area contributed by atoms with Crippen LogP contribution in [0.5, 0.6) is 11.5 Å². The van der Waals surface area contributed by atoms with E-state index in [4.69, 9.17) is 10.5 Å².